The second-order valence-corrected chi connectivity index (χ2v) is 4.46. The molecule has 0 amide bonds. The summed E-state index contributed by atoms with van der Waals surface area (Å²) in [5.74, 6) is -0.966. The van der Waals surface area contributed by atoms with Gasteiger partial charge in [0.25, 0.3) is 0 Å². The molecular weight excluding hydrogens is 266 g/mol. The van der Waals surface area contributed by atoms with E-state index in [9.17, 15) is 9.59 Å². The maximum atomic E-state index is 12.0. The first-order valence-electron chi connectivity index (χ1n) is 6.50. The van der Waals surface area contributed by atoms with E-state index in [4.69, 9.17) is 4.74 Å². The van der Waals surface area contributed by atoms with Gasteiger partial charge in [0.1, 0.15) is 12.2 Å². The molecule has 0 atom stereocenters. The highest BCUT2D eigenvalue weighted by atomic mass is 16.5. The van der Waals surface area contributed by atoms with Crippen LogP contribution in [0.4, 0.5) is 0 Å². The molecule has 0 saturated heterocycles. The highest BCUT2D eigenvalue weighted by Gasteiger charge is 2.16. The molecule has 1 aromatic heterocycles. The number of ether oxygens (including phenoxy) is 1. The lowest BCUT2D eigenvalue weighted by atomic mass is 10.1. The quantitative estimate of drug-likeness (QED) is 0.366. The van der Waals surface area contributed by atoms with Gasteiger partial charge in [-0.25, -0.2) is 4.79 Å². The number of pyridine rings is 1. The summed E-state index contributed by atoms with van der Waals surface area (Å²) in [5, 5.41) is 0. The summed E-state index contributed by atoms with van der Waals surface area (Å²) in [7, 11) is 0. The number of Topliss-reactive ketones (excluding diaryl/α,β-unsaturated/α-hetero) is 1. The molecule has 0 aliphatic carbocycles. The third-order valence-electron chi connectivity index (χ3n) is 2.81. The number of aromatic nitrogens is 1. The lowest BCUT2D eigenvalue weighted by Gasteiger charge is -2.06. The van der Waals surface area contributed by atoms with Crippen molar-refractivity contribution in [1.29, 1.82) is 0 Å². The van der Waals surface area contributed by atoms with E-state index in [0.29, 0.717) is 5.56 Å². The first-order chi connectivity index (χ1) is 10.2. The van der Waals surface area contributed by atoms with Gasteiger partial charge in [-0.15, -0.1) is 0 Å². The number of carbonyl (C=O) groups excluding carboxylic acids is 2. The first-order valence-corrected chi connectivity index (χ1v) is 6.50. The number of esters is 1. The Morgan fingerprint density at radius 1 is 1.14 bits per heavy atom. The van der Waals surface area contributed by atoms with Crippen molar-refractivity contribution < 1.29 is 14.3 Å². The molecule has 2 aromatic rings. The molecule has 21 heavy (non-hydrogen) atoms. The van der Waals surface area contributed by atoms with Crippen molar-refractivity contribution in [3.05, 3.63) is 71.6 Å². The van der Waals surface area contributed by atoms with Crippen LogP contribution < -0.4 is 0 Å². The second-order valence-electron chi connectivity index (χ2n) is 4.46. The van der Waals surface area contributed by atoms with Crippen molar-refractivity contribution in [1.82, 2.24) is 4.98 Å². The van der Waals surface area contributed by atoms with Crippen molar-refractivity contribution in [2.75, 3.05) is 0 Å². The monoisotopic (exact) mass is 281 g/mol. The molecule has 0 aliphatic heterocycles. The molecule has 0 N–H and O–H groups in total. The van der Waals surface area contributed by atoms with Crippen LogP contribution >= 0.6 is 0 Å². The Balaban J connectivity index is 2.10. The molecule has 0 saturated carbocycles. The van der Waals surface area contributed by atoms with Crippen LogP contribution in [0.3, 0.4) is 0 Å². The molecule has 0 aliphatic rings. The molecule has 2 rings (SSSR count). The van der Waals surface area contributed by atoms with Crippen LogP contribution in [-0.4, -0.2) is 16.7 Å². The summed E-state index contributed by atoms with van der Waals surface area (Å²) < 4.78 is 5.18. The summed E-state index contributed by atoms with van der Waals surface area (Å²) >= 11 is 0. The second kappa shape index (κ2) is 7.14. The zero-order valence-electron chi connectivity index (χ0n) is 11.7. The van der Waals surface area contributed by atoms with Crippen molar-refractivity contribution >= 4 is 17.8 Å². The fourth-order valence-electron chi connectivity index (χ4n) is 1.73. The minimum atomic E-state index is -0.629. The predicted molar refractivity (Wildman–Crippen MR) is 79.1 cm³/mol. The number of hydrogen-bond acceptors (Lipinski definition) is 4. The van der Waals surface area contributed by atoms with Crippen LogP contribution in [0.25, 0.3) is 6.08 Å². The molecule has 106 valence electrons. The maximum Gasteiger partial charge on any atom is 0.342 e. The van der Waals surface area contributed by atoms with Crippen molar-refractivity contribution in [2.45, 2.75) is 13.5 Å². The van der Waals surface area contributed by atoms with E-state index in [1.54, 1.807) is 24.5 Å². The third-order valence-corrected chi connectivity index (χ3v) is 2.81. The SMILES string of the molecule is CC(=O)C(=Cc1cccnc1)C(=O)OCc1ccccc1. The van der Waals surface area contributed by atoms with Crippen LogP contribution in [0.15, 0.2) is 60.4 Å². The highest BCUT2D eigenvalue weighted by molar-refractivity contribution is 6.19. The van der Waals surface area contributed by atoms with E-state index in [1.807, 2.05) is 30.3 Å². The molecule has 0 unspecified atom stereocenters. The molecular formula is C17H15NO3. The van der Waals surface area contributed by atoms with E-state index < -0.39 is 5.97 Å². The normalized spacial score (nSPS) is 11.0. The smallest absolute Gasteiger partial charge is 0.342 e. The molecule has 1 heterocycles. The molecule has 0 bridgehead atoms. The Morgan fingerprint density at radius 2 is 1.90 bits per heavy atom. The topological polar surface area (TPSA) is 56.3 Å². The maximum absolute atomic E-state index is 12.0. The summed E-state index contributed by atoms with van der Waals surface area (Å²) in [4.78, 5) is 27.6. The van der Waals surface area contributed by atoms with Gasteiger partial charge in [-0.05, 0) is 30.2 Å². The number of hydrogen-bond donors (Lipinski definition) is 0. The van der Waals surface area contributed by atoms with Gasteiger partial charge < -0.3 is 4.74 Å². The Morgan fingerprint density at radius 3 is 2.52 bits per heavy atom. The summed E-state index contributed by atoms with van der Waals surface area (Å²) in [6.07, 6.45) is 4.69. The van der Waals surface area contributed by atoms with Gasteiger partial charge in [0.2, 0.25) is 0 Å². The fourth-order valence-corrected chi connectivity index (χ4v) is 1.73. The lowest BCUT2D eigenvalue weighted by molar-refractivity contribution is -0.141. The molecule has 0 radical (unpaired) electrons. The van der Waals surface area contributed by atoms with Crippen LogP contribution in [0.1, 0.15) is 18.1 Å². The standard InChI is InChI=1S/C17H15NO3/c1-13(19)16(10-15-8-5-9-18-11-15)17(20)21-12-14-6-3-2-4-7-14/h2-11H,12H2,1H3. The van der Waals surface area contributed by atoms with Crippen LogP contribution in [0.5, 0.6) is 0 Å². The summed E-state index contributed by atoms with van der Waals surface area (Å²) in [6.45, 7) is 1.48. The highest BCUT2D eigenvalue weighted by Crippen LogP contribution is 2.10. The average Bonchev–Trinajstić information content (AvgIpc) is 2.52. The molecule has 1 aromatic carbocycles. The molecule has 4 nitrogen and oxygen atoms in total. The number of rotatable bonds is 5. The van der Waals surface area contributed by atoms with Gasteiger partial charge in [-0.1, -0.05) is 36.4 Å². The fraction of sp³-hybridized carbons (Fsp3) is 0.118. The van der Waals surface area contributed by atoms with Crippen molar-refractivity contribution in [3.8, 4) is 0 Å². The number of carbonyl (C=O) groups is 2. The third kappa shape index (κ3) is 4.38. The number of ketones is 1. The van der Waals surface area contributed by atoms with E-state index in [-0.39, 0.29) is 18.0 Å². The zero-order valence-corrected chi connectivity index (χ0v) is 11.7. The van der Waals surface area contributed by atoms with E-state index in [1.165, 1.54) is 13.0 Å². The van der Waals surface area contributed by atoms with E-state index in [2.05, 4.69) is 4.98 Å². The first kappa shape index (κ1) is 14.7. The van der Waals surface area contributed by atoms with Gasteiger partial charge >= 0.3 is 5.97 Å². The largest absolute Gasteiger partial charge is 0.457 e. The van der Waals surface area contributed by atoms with Gasteiger partial charge in [0, 0.05) is 12.4 Å². The Kier molecular flexibility index (Phi) is 4.99. The zero-order chi connectivity index (χ0) is 15.1. The summed E-state index contributed by atoms with van der Waals surface area (Å²) in [5.41, 5.74) is 1.56. The lowest BCUT2D eigenvalue weighted by Crippen LogP contribution is -2.13. The minimum Gasteiger partial charge on any atom is -0.457 e. The summed E-state index contributed by atoms with van der Waals surface area (Å²) in [6, 6.07) is 12.8. The van der Waals surface area contributed by atoms with Crippen LogP contribution in [-0.2, 0) is 20.9 Å². The average molecular weight is 281 g/mol. The van der Waals surface area contributed by atoms with Crippen molar-refractivity contribution in [3.63, 3.8) is 0 Å². The van der Waals surface area contributed by atoms with E-state index >= 15 is 0 Å². The predicted octanol–water partition coefficient (Wildman–Crippen LogP) is 2.80. The molecule has 0 fully saturated rings. The molecule has 4 heteroatoms. The van der Waals surface area contributed by atoms with Crippen LogP contribution in [0.2, 0.25) is 0 Å². The molecule has 0 spiro atoms. The van der Waals surface area contributed by atoms with Gasteiger partial charge in [-0.3, -0.25) is 9.78 Å². The Bertz CT molecular complexity index is 648. The number of benzene rings is 1. The van der Waals surface area contributed by atoms with Gasteiger partial charge in [0.05, 0.1) is 0 Å². The minimum absolute atomic E-state index is 0.0129. The van der Waals surface area contributed by atoms with Gasteiger partial charge in [0.15, 0.2) is 5.78 Å². The van der Waals surface area contributed by atoms with E-state index in [0.717, 1.165) is 5.56 Å². The Labute approximate surface area is 123 Å². The van der Waals surface area contributed by atoms with Crippen LogP contribution in [0, 0.1) is 0 Å². The Hall–Kier alpha value is -2.75. The van der Waals surface area contributed by atoms with Crippen molar-refractivity contribution in [2.24, 2.45) is 0 Å². The number of nitrogens with zero attached hydrogens (tertiary/aromatic N) is 1. The van der Waals surface area contributed by atoms with Gasteiger partial charge in [-0.2, -0.15) is 0 Å².